The molecule has 2 aromatic rings. The molecule has 0 saturated carbocycles. The number of amides is 2. The van der Waals surface area contributed by atoms with Crippen LogP contribution in [-0.2, 0) is 9.59 Å². The maximum absolute atomic E-state index is 13.1. The SMILES string of the molecule is Cc1ccccc1NC(=O)[C@H]1C(=O)N(C)[C@@]2(C)C[C@H]1c1ccccc1O2. The van der Waals surface area contributed by atoms with E-state index >= 15 is 0 Å². The van der Waals surface area contributed by atoms with Crippen molar-refractivity contribution in [2.75, 3.05) is 12.4 Å². The number of benzene rings is 2. The van der Waals surface area contributed by atoms with Gasteiger partial charge in [0.15, 0.2) is 5.72 Å². The first kappa shape index (κ1) is 16.6. The number of hydrogen-bond acceptors (Lipinski definition) is 3. The van der Waals surface area contributed by atoms with Gasteiger partial charge in [0.05, 0.1) is 0 Å². The van der Waals surface area contributed by atoms with Crippen molar-refractivity contribution >= 4 is 17.5 Å². The summed E-state index contributed by atoms with van der Waals surface area (Å²) in [4.78, 5) is 27.7. The van der Waals surface area contributed by atoms with E-state index in [1.165, 1.54) is 0 Å². The third-order valence-corrected chi connectivity index (χ3v) is 5.64. The van der Waals surface area contributed by atoms with E-state index in [9.17, 15) is 9.59 Å². The number of ether oxygens (including phenoxy) is 1. The molecule has 0 spiro atoms. The van der Waals surface area contributed by atoms with Gasteiger partial charge in [-0.25, -0.2) is 0 Å². The zero-order valence-electron chi connectivity index (χ0n) is 15.2. The number of para-hydroxylation sites is 2. The summed E-state index contributed by atoms with van der Waals surface area (Å²) in [5.74, 6) is -0.682. The molecule has 2 heterocycles. The molecule has 0 radical (unpaired) electrons. The summed E-state index contributed by atoms with van der Waals surface area (Å²) >= 11 is 0. The second-order valence-electron chi connectivity index (χ2n) is 7.30. The van der Waals surface area contributed by atoms with Gasteiger partial charge in [-0.15, -0.1) is 0 Å². The van der Waals surface area contributed by atoms with Gasteiger partial charge in [0, 0.05) is 25.1 Å². The average Bonchev–Trinajstić information content (AvgIpc) is 2.62. The van der Waals surface area contributed by atoms with Crippen LogP contribution in [0.5, 0.6) is 5.75 Å². The van der Waals surface area contributed by atoms with Crippen LogP contribution in [0.25, 0.3) is 0 Å². The number of nitrogens with zero attached hydrogens (tertiary/aromatic N) is 1. The summed E-state index contributed by atoms with van der Waals surface area (Å²) < 4.78 is 6.11. The number of fused-ring (bicyclic) bond motifs is 4. The molecule has 26 heavy (non-hydrogen) atoms. The highest BCUT2D eigenvalue weighted by Gasteiger charge is 2.54. The highest BCUT2D eigenvalue weighted by molar-refractivity contribution is 6.08. The van der Waals surface area contributed by atoms with E-state index in [0.717, 1.165) is 22.6 Å². The zero-order chi connectivity index (χ0) is 18.5. The third-order valence-electron chi connectivity index (χ3n) is 5.64. The smallest absolute Gasteiger partial charge is 0.238 e. The molecule has 1 saturated heterocycles. The molecule has 0 aliphatic carbocycles. The van der Waals surface area contributed by atoms with Crippen molar-refractivity contribution in [3.8, 4) is 5.75 Å². The number of rotatable bonds is 2. The summed E-state index contributed by atoms with van der Waals surface area (Å²) in [6.07, 6.45) is 0.595. The van der Waals surface area contributed by atoms with E-state index in [0.29, 0.717) is 6.42 Å². The van der Waals surface area contributed by atoms with Gasteiger partial charge < -0.3 is 15.0 Å². The molecule has 3 atom stereocenters. The molecule has 2 bridgehead atoms. The molecule has 5 heteroatoms. The first-order valence-corrected chi connectivity index (χ1v) is 8.83. The van der Waals surface area contributed by atoms with Crippen molar-refractivity contribution in [2.24, 2.45) is 5.92 Å². The molecule has 2 aliphatic heterocycles. The molecular weight excluding hydrogens is 328 g/mol. The summed E-state index contributed by atoms with van der Waals surface area (Å²) in [6, 6.07) is 15.3. The van der Waals surface area contributed by atoms with Gasteiger partial charge in [0.1, 0.15) is 11.7 Å². The average molecular weight is 350 g/mol. The lowest BCUT2D eigenvalue weighted by Gasteiger charge is -2.51. The highest BCUT2D eigenvalue weighted by atomic mass is 16.5. The van der Waals surface area contributed by atoms with E-state index in [1.807, 2.05) is 62.4 Å². The van der Waals surface area contributed by atoms with Crippen LogP contribution in [0.15, 0.2) is 48.5 Å². The minimum Gasteiger partial charge on any atom is -0.468 e. The highest BCUT2D eigenvalue weighted by Crippen LogP contribution is 2.49. The number of piperidine rings is 1. The van der Waals surface area contributed by atoms with Gasteiger partial charge >= 0.3 is 0 Å². The Kier molecular flexibility index (Phi) is 3.75. The Hall–Kier alpha value is -2.82. The minimum absolute atomic E-state index is 0.197. The van der Waals surface area contributed by atoms with E-state index in [4.69, 9.17) is 4.74 Å². The van der Waals surface area contributed by atoms with Crippen LogP contribution in [0.3, 0.4) is 0 Å². The van der Waals surface area contributed by atoms with Gasteiger partial charge in [-0.1, -0.05) is 36.4 Å². The van der Waals surface area contributed by atoms with E-state index < -0.39 is 11.6 Å². The number of likely N-dealkylation sites (tertiary alicyclic amines) is 1. The summed E-state index contributed by atoms with van der Waals surface area (Å²) in [5, 5.41) is 2.95. The predicted octanol–water partition coefficient (Wildman–Crippen LogP) is 3.30. The molecule has 5 nitrogen and oxygen atoms in total. The largest absolute Gasteiger partial charge is 0.468 e. The van der Waals surface area contributed by atoms with E-state index in [2.05, 4.69) is 5.32 Å². The van der Waals surface area contributed by atoms with Crippen LogP contribution in [0.4, 0.5) is 5.69 Å². The molecule has 4 rings (SSSR count). The second kappa shape index (κ2) is 5.87. The Morgan fingerprint density at radius 2 is 1.88 bits per heavy atom. The Bertz CT molecular complexity index is 894. The van der Waals surface area contributed by atoms with Crippen molar-refractivity contribution in [3.63, 3.8) is 0 Å². The monoisotopic (exact) mass is 350 g/mol. The number of anilines is 1. The van der Waals surface area contributed by atoms with E-state index in [-0.39, 0.29) is 17.7 Å². The summed E-state index contributed by atoms with van der Waals surface area (Å²) in [7, 11) is 1.71. The normalized spacial score (nSPS) is 26.7. The topological polar surface area (TPSA) is 58.6 Å². The van der Waals surface area contributed by atoms with Crippen LogP contribution in [0.2, 0.25) is 0 Å². The van der Waals surface area contributed by atoms with Crippen molar-refractivity contribution in [2.45, 2.75) is 31.9 Å². The Balaban J connectivity index is 1.73. The molecule has 1 N–H and O–H groups in total. The quantitative estimate of drug-likeness (QED) is 0.846. The maximum Gasteiger partial charge on any atom is 0.238 e. The standard InChI is InChI=1S/C21H22N2O3/c1-13-8-4-6-10-16(13)22-19(24)18-15-12-21(2,23(3)20(18)25)26-17-11-7-5-9-14(15)17/h4-11,15,18H,12H2,1-3H3,(H,22,24)/t15-,18-,21+/m0/s1. The van der Waals surface area contributed by atoms with E-state index in [1.54, 1.807) is 11.9 Å². The van der Waals surface area contributed by atoms with Crippen molar-refractivity contribution in [1.29, 1.82) is 0 Å². The Labute approximate surface area is 153 Å². The molecule has 0 unspecified atom stereocenters. The first-order chi connectivity index (χ1) is 12.4. The van der Waals surface area contributed by atoms with Crippen LogP contribution in [0.1, 0.15) is 30.4 Å². The number of carbonyl (C=O) groups excluding carboxylic acids is 2. The molecule has 2 aromatic carbocycles. The van der Waals surface area contributed by atoms with Gasteiger partial charge in [-0.2, -0.15) is 0 Å². The fourth-order valence-electron chi connectivity index (χ4n) is 4.01. The number of nitrogens with one attached hydrogen (secondary N) is 1. The minimum atomic E-state index is -0.766. The summed E-state index contributed by atoms with van der Waals surface area (Å²) in [5.41, 5.74) is 1.91. The van der Waals surface area contributed by atoms with Crippen LogP contribution in [0, 0.1) is 12.8 Å². The predicted molar refractivity (Wildman–Crippen MR) is 98.9 cm³/mol. The number of hydrogen-bond donors (Lipinski definition) is 1. The van der Waals surface area contributed by atoms with Crippen molar-refractivity contribution in [1.82, 2.24) is 4.90 Å². The van der Waals surface area contributed by atoms with Gasteiger partial charge in [0.25, 0.3) is 0 Å². The molecule has 134 valence electrons. The van der Waals surface area contributed by atoms with Crippen LogP contribution < -0.4 is 10.1 Å². The summed E-state index contributed by atoms with van der Waals surface area (Å²) in [6.45, 7) is 3.84. The third kappa shape index (κ3) is 2.46. The Morgan fingerprint density at radius 1 is 1.19 bits per heavy atom. The van der Waals surface area contributed by atoms with Gasteiger partial charge in [0.2, 0.25) is 11.8 Å². The maximum atomic E-state index is 13.1. The van der Waals surface area contributed by atoms with Crippen molar-refractivity contribution < 1.29 is 14.3 Å². The lowest BCUT2D eigenvalue weighted by Crippen LogP contribution is -2.62. The zero-order valence-corrected chi connectivity index (χ0v) is 15.2. The first-order valence-electron chi connectivity index (χ1n) is 8.83. The molecular formula is C21H22N2O3. The lowest BCUT2D eigenvalue weighted by molar-refractivity contribution is -0.170. The lowest BCUT2D eigenvalue weighted by atomic mass is 9.73. The molecule has 2 aliphatic rings. The number of carbonyl (C=O) groups is 2. The molecule has 2 amide bonds. The number of aryl methyl sites for hydroxylation is 1. The molecule has 0 aromatic heterocycles. The Morgan fingerprint density at radius 3 is 2.65 bits per heavy atom. The van der Waals surface area contributed by atoms with Crippen LogP contribution in [-0.4, -0.2) is 29.5 Å². The van der Waals surface area contributed by atoms with Crippen LogP contribution >= 0.6 is 0 Å². The fourth-order valence-corrected chi connectivity index (χ4v) is 4.01. The van der Waals surface area contributed by atoms with Gasteiger partial charge in [-0.3, -0.25) is 9.59 Å². The van der Waals surface area contributed by atoms with Gasteiger partial charge in [-0.05, 0) is 37.1 Å². The van der Waals surface area contributed by atoms with Crippen molar-refractivity contribution in [3.05, 3.63) is 59.7 Å². The fraction of sp³-hybridized carbons (Fsp3) is 0.333. The molecule has 1 fully saturated rings. The second-order valence-corrected chi connectivity index (χ2v) is 7.30.